The van der Waals surface area contributed by atoms with Gasteiger partial charge in [0.1, 0.15) is 0 Å². The molecule has 1 aliphatic carbocycles. The highest BCUT2D eigenvalue weighted by molar-refractivity contribution is 5.93. The van der Waals surface area contributed by atoms with E-state index in [9.17, 15) is 4.79 Å². The number of hydrogen-bond donors (Lipinski definition) is 1. The van der Waals surface area contributed by atoms with Crippen molar-refractivity contribution in [1.82, 2.24) is 14.7 Å². The van der Waals surface area contributed by atoms with Crippen LogP contribution in [0.4, 0.5) is 5.69 Å². The average molecular weight is 367 g/mol. The lowest BCUT2D eigenvalue weighted by molar-refractivity contribution is -0.118. The number of benzene rings is 1. The number of carbonyl (C=O) groups excluding carboxylic acids is 1. The minimum Gasteiger partial charge on any atom is -0.322 e. The number of nitrogens with one attached hydrogen (secondary N) is 1. The molecule has 1 aliphatic heterocycles. The Bertz CT molecular complexity index is 796. The van der Waals surface area contributed by atoms with Crippen LogP contribution < -0.4 is 5.32 Å². The van der Waals surface area contributed by atoms with Crippen molar-refractivity contribution in [3.05, 3.63) is 41.7 Å². The molecule has 1 aromatic heterocycles. The first-order valence-corrected chi connectivity index (χ1v) is 10.3. The SMILES string of the molecule is Cc1nn(-c2ccccc2)c(C)c1NC(=O)CN1CCC[C@H]2CCCC[C@@H]21. The van der Waals surface area contributed by atoms with Gasteiger partial charge in [-0.25, -0.2) is 4.68 Å². The summed E-state index contributed by atoms with van der Waals surface area (Å²) in [6, 6.07) is 10.7. The van der Waals surface area contributed by atoms with Gasteiger partial charge in [0.2, 0.25) is 5.91 Å². The van der Waals surface area contributed by atoms with Crippen LogP contribution in [0.5, 0.6) is 0 Å². The standard InChI is InChI=1S/C22H30N4O/c1-16-22(17(2)26(24-16)19-11-4-3-5-12-19)23-21(27)15-25-14-8-10-18-9-6-7-13-20(18)25/h3-5,11-12,18,20H,6-10,13-15H2,1-2H3,(H,23,27)/t18-,20+/m1/s1. The summed E-state index contributed by atoms with van der Waals surface area (Å²) in [5, 5.41) is 7.78. The molecular formula is C22H30N4O. The molecule has 2 heterocycles. The summed E-state index contributed by atoms with van der Waals surface area (Å²) in [6.45, 7) is 5.52. The second kappa shape index (κ2) is 7.85. The van der Waals surface area contributed by atoms with E-state index in [0.29, 0.717) is 12.6 Å². The summed E-state index contributed by atoms with van der Waals surface area (Å²) in [4.78, 5) is 15.2. The van der Waals surface area contributed by atoms with Crippen molar-refractivity contribution in [1.29, 1.82) is 0 Å². The summed E-state index contributed by atoms with van der Waals surface area (Å²) in [5.41, 5.74) is 3.70. The second-order valence-corrected chi connectivity index (χ2v) is 8.07. The third-order valence-electron chi connectivity index (χ3n) is 6.26. The molecule has 0 radical (unpaired) electrons. The van der Waals surface area contributed by atoms with E-state index in [1.165, 1.54) is 38.5 Å². The molecule has 0 spiro atoms. The molecule has 144 valence electrons. The molecule has 1 saturated carbocycles. The molecule has 0 unspecified atom stereocenters. The summed E-state index contributed by atoms with van der Waals surface area (Å²) >= 11 is 0. The number of likely N-dealkylation sites (tertiary alicyclic amines) is 1. The van der Waals surface area contributed by atoms with E-state index in [1.807, 2.05) is 48.9 Å². The number of fused-ring (bicyclic) bond motifs is 1. The first-order chi connectivity index (χ1) is 13.1. The van der Waals surface area contributed by atoms with Gasteiger partial charge in [0.05, 0.1) is 29.3 Å². The normalized spacial score (nSPS) is 23.0. The fraction of sp³-hybridized carbons (Fsp3) is 0.545. The van der Waals surface area contributed by atoms with Crippen LogP contribution in [0, 0.1) is 19.8 Å². The maximum Gasteiger partial charge on any atom is 0.238 e. The largest absolute Gasteiger partial charge is 0.322 e. The number of piperidine rings is 1. The predicted molar refractivity (Wildman–Crippen MR) is 108 cm³/mol. The van der Waals surface area contributed by atoms with Gasteiger partial charge in [-0.3, -0.25) is 9.69 Å². The van der Waals surface area contributed by atoms with E-state index in [2.05, 4.69) is 15.3 Å². The first-order valence-electron chi connectivity index (χ1n) is 10.3. The van der Waals surface area contributed by atoms with Crippen LogP contribution in [0.2, 0.25) is 0 Å². The van der Waals surface area contributed by atoms with Gasteiger partial charge in [-0.15, -0.1) is 0 Å². The fourth-order valence-electron chi connectivity index (χ4n) is 4.93. The number of hydrogen-bond acceptors (Lipinski definition) is 3. The number of nitrogens with zero attached hydrogens (tertiary/aromatic N) is 3. The molecule has 2 fully saturated rings. The smallest absolute Gasteiger partial charge is 0.238 e. The van der Waals surface area contributed by atoms with Gasteiger partial charge in [0, 0.05) is 6.04 Å². The summed E-state index contributed by atoms with van der Waals surface area (Å²) in [6.07, 6.45) is 7.82. The third kappa shape index (κ3) is 3.79. The Morgan fingerprint density at radius 1 is 1.11 bits per heavy atom. The Hall–Kier alpha value is -2.14. The van der Waals surface area contributed by atoms with Crippen molar-refractivity contribution >= 4 is 11.6 Å². The molecule has 0 bridgehead atoms. The number of aryl methyl sites for hydroxylation is 1. The quantitative estimate of drug-likeness (QED) is 0.887. The highest BCUT2D eigenvalue weighted by atomic mass is 16.2. The van der Waals surface area contributed by atoms with Crippen LogP contribution >= 0.6 is 0 Å². The van der Waals surface area contributed by atoms with Crippen LogP contribution in [0.1, 0.15) is 49.9 Å². The lowest BCUT2D eigenvalue weighted by Crippen LogP contribution is -2.49. The summed E-state index contributed by atoms with van der Waals surface area (Å²) < 4.78 is 1.91. The van der Waals surface area contributed by atoms with Gasteiger partial charge in [0.15, 0.2) is 0 Å². The number of para-hydroxylation sites is 1. The van der Waals surface area contributed by atoms with Crippen LogP contribution in [0.15, 0.2) is 30.3 Å². The third-order valence-corrected chi connectivity index (χ3v) is 6.26. The minimum atomic E-state index is 0.0834. The molecule has 27 heavy (non-hydrogen) atoms. The maximum atomic E-state index is 12.8. The van der Waals surface area contributed by atoms with Gasteiger partial charge >= 0.3 is 0 Å². The Morgan fingerprint density at radius 3 is 2.67 bits per heavy atom. The van der Waals surface area contributed by atoms with Gasteiger partial charge in [-0.2, -0.15) is 5.10 Å². The van der Waals surface area contributed by atoms with Gasteiger partial charge in [0.25, 0.3) is 0 Å². The molecule has 2 aliphatic rings. The average Bonchev–Trinajstić information content (AvgIpc) is 2.97. The molecule has 5 nitrogen and oxygen atoms in total. The summed E-state index contributed by atoms with van der Waals surface area (Å²) in [5.74, 6) is 0.879. The van der Waals surface area contributed by atoms with E-state index < -0.39 is 0 Å². The maximum absolute atomic E-state index is 12.8. The van der Waals surface area contributed by atoms with Crippen LogP contribution in [-0.4, -0.2) is 39.7 Å². The highest BCUT2D eigenvalue weighted by Gasteiger charge is 2.34. The molecular weight excluding hydrogens is 336 g/mol. The Morgan fingerprint density at radius 2 is 1.85 bits per heavy atom. The van der Waals surface area contributed by atoms with Crippen LogP contribution in [0.25, 0.3) is 5.69 Å². The monoisotopic (exact) mass is 366 g/mol. The van der Waals surface area contributed by atoms with E-state index in [0.717, 1.165) is 35.2 Å². The molecule has 1 N–H and O–H groups in total. The zero-order valence-corrected chi connectivity index (χ0v) is 16.4. The van der Waals surface area contributed by atoms with Crippen molar-refractivity contribution in [2.45, 2.75) is 58.4 Å². The molecule has 4 rings (SSSR count). The van der Waals surface area contributed by atoms with E-state index >= 15 is 0 Å². The van der Waals surface area contributed by atoms with Crippen molar-refractivity contribution < 1.29 is 4.79 Å². The van der Waals surface area contributed by atoms with Crippen LogP contribution in [0.3, 0.4) is 0 Å². The number of carbonyl (C=O) groups is 1. The first kappa shape index (κ1) is 18.2. The van der Waals surface area contributed by atoms with Gasteiger partial charge in [-0.05, 0) is 64.1 Å². The van der Waals surface area contributed by atoms with Crippen molar-refractivity contribution in [3.63, 3.8) is 0 Å². The zero-order valence-electron chi connectivity index (χ0n) is 16.4. The molecule has 1 amide bonds. The number of amides is 1. The van der Waals surface area contributed by atoms with Crippen molar-refractivity contribution in [2.24, 2.45) is 5.92 Å². The Labute approximate surface area is 161 Å². The van der Waals surface area contributed by atoms with E-state index in [-0.39, 0.29) is 5.91 Å². The number of rotatable bonds is 4. The second-order valence-electron chi connectivity index (χ2n) is 8.07. The molecule has 2 aromatic rings. The van der Waals surface area contributed by atoms with Gasteiger partial charge in [-0.1, -0.05) is 31.0 Å². The van der Waals surface area contributed by atoms with E-state index in [4.69, 9.17) is 0 Å². The minimum absolute atomic E-state index is 0.0834. The highest BCUT2D eigenvalue weighted by Crippen LogP contribution is 2.35. The summed E-state index contributed by atoms with van der Waals surface area (Å²) in [7, 11) is 0. The van der Waals surface area contributed by atoms with Gasteiger partial charge < -0.3 is 5.32 Å². The molecule has 1 saturated heterocycles. The fourth-order valence-corrected chi connectivity index (χ4v) is 4.93. The molecule has 2 atom stereocenters. The van der Waals surface area contributed by atoms with Crippen molar-refractivity contribution in [2.75, 3.05) is 18.4 Å². The number of aromatic nitrogens is 2. The Balaban J connectivity index is 1.46. The lowest BCUT2D eigenvalue weighted by Gasteiger charge is -2.43. The van der Waals surface area contributed by atoms with Crippen molar-refractivity contribution in [3.8, 4) is 5.69 Å². The van der Waals surface area contributed by atoms with E-state index in [1.54, 1.807) is 0 Å². The molecule has 5 heteroatoms. The number of anilines is 1. The topological polar surface area (TPSA) is 50.2 Å². The molecule has 1 aromatic carbocycles. The Kier molecular flexibility index (Phi) is 5.30. The predicted octanol–water partition coefficient (Wildman–Crippen LogP) is 4.08. The zero-order chi connectivity index (χ0) is 18.8. The van der Waals surface area contributed by atoms with Crippen LogP contribution in [-0.2, 0) is 4.79 Å². The lowest BCUT2D eigenvalue weighted by atomic mass is 9.78.